The van der Waals surface area contributed by atoms with Crippen LogP contribution in [-0.4, -0.2) is 15.3 Å². The maximum absolute atomic E-state index is 9.68. The van der Waals surface area contributed by atoms with Crippen molar-refractivity contribution in [3.8, 4) is 17.2 Å². The molecule has 0 bridgehead atoms. The summed E-state index contributed by atoms with van der Waals surface area (Å²) in [6, 6.07) is 2.48. The number of phenolic OH excluding ortho intramolecular Hbond substituents is 3. The van der Waals surface area contributed by atoms with Crippen LogP contribution in [0.2, 0.25) is 0 Å². The highest BCUT2D eigenvalue weighted by molar-refractivity contribution is 5.49. The fourth-order valence-corrected chi connectivity index (χ4v) is 1.80. The van der Waals surface area contributed by atoms with Gasteiger partial charge in [0.2, 0.25) is 0 Å². The Morgan fingerprint density at radius 1 is 1.00 bits per heavy atom. The third-order valence-electron chi connectivity index (χ3n) is 2.93. The van der Waals surface area contributed by atoms with E-state index in [9.17, 15) is 15.3 Å². The summed E-state index contributed by atoms with van der Waals surface area (Å²) >= 11 is 0. The minimum Gasteiger partial charge on any atom is -0.508 e. The number of phenols is 3. The van der Waals surface area contributed by atoms with Crippen LogP contribution in [0, 0.1) is 0 Å². The molecule has 0 atom stereocenters. The van der Waals surface area contributed by atoms with Gasteiger partial charge < -0.3 is 15.3 Å². The molecule has 0 fully saturated rings. The Kier molecular flexibility index (Phi) is 5.49. The molecule has 19 heavy (non-hydrogen) atoms. The Labute approximate surface area is 114 Å². The first kappa shape index (κ1) is 15.2. The van der Waals surface area contributed by atoms with Gasteiger partial charge in [-0.15, -0.1) is 0 Å². The van der Waals surface area contributed by atoms with E-state index in [1.54, 1.807) is 0 Å². The largest absolute Gasteiger partial charge is 0.508 e. The lowest BCUT2D eigenvalue weighted by atomic mass is 10.0. The molecule has 0 heterocycles. The molecule has 0 radical (unpaired) electrons. The lowest BCUT2D eigenvalue weighted by molar-refractivity contribution is 0.421. The number of benzene rings is 1. The molecule has 3 heteroatoms. The van der Waals surface area contributed by atoms with E-state index in [4.69, 9.17) is 0 Å². The molecule has 0 unspecified atom stereocenters. The molecule has 0 aromatic heterocycles. The molecule has 1 aromatic carbocycles. The maximum Gasteiger partial charge on any atom is 0.126 e. The minimum atomic E-state index is -0.136. The average molecular weight is 262 g/mol. The summed E-state index contributed by atoms with van der Waals surface area (Å²) in [5.41, 5.74) is 2.96. The van der Waals surface area contributed by atoms with Gasteiger partial charge in [-0.2, -0.15) is 0 Å². The lowest BCUT2D eigenvalue weighted by Gasteiger charge is -2.06. The lowest BCUT2D eigenvalue weighted by Crippen LogP contribution is -1.86. The van der Waals surface area contributed by atoms with Crippen molar-refractivity contribution in [1.29, 1.82) is 0 Å². The van der Waals surface area contributed by atoms with Gasteiger partial charge in [-0.1, -0.05) is 23.3 Å². The van der Waals surface area contributed by atoms with E-state index < -0.39 is 0 Å². The zero-order chi connectivity index (χ0) is 14.4. The summed E-state index contributed by atoms with van der Waals surface area (Å²) in [6.45, 7) is 6.18. The predicted octanol–water partition coefficient (Wildman–Crippen LogP) is 4.04. The van der Waals surface area contributed by atoms with Gasteiger partial charge >= 0.3 is 0 Å². The molecule has 0 saturated carbocycles. The van der Waals surface area contributed by atoms with Gasteiger partial charge in [0.1, 0.15) is 17.2 Å². The highest BCUT2D eigenvalue weighted by atomic mass is 16.3. The molecule has 104 valence electrons. The second-order valence-electron chi connectivity index (χ2n) is 5.04. The number of aromatic hydroxyl groups is 3. The van der Waals surface area contributed by atoms with E-state index in [0.29, 0.717) is 12.0 Å². The molecule has 0 spiro atoms. The van der Waals surface area contributed by atoms with Crippen LogP contribution in [0.15, 0.2) is 35.4 Å². The van der Waals surface area contributed by atoms with Gasteiger partial charge in [-0.05, 0) is 40.0 Å². The van der Waals surface area contributed by atoms with Crippen LogP contribution in [0.3, 0.4) is 0 Å². The van der Waals surface area contributed by atoms with Crippen molar-refractivity contribution < 1.29 is 15.3 Å². The summed E-state index contributed by atoms with van der Waals surface area (Å²) in [5.74, 6) is -0.292. The van der Waals surface area contributed by atoms with Gasteiger partial charge in [0.05, 0.1) is 0 Å². The van der Waals surface area contributed by atoms with E-state index in [1.165, 1.54) is 23.3 Å². The van der Waals surface area contributed by atoms with Gasteiger partial charge in [-0.3, -0.25) is 0 Å². The number of allylic oxidation sites excluding steroid dienone is 4. The Morgan fingerprint density at radius 3 is 2.11 bits per heavy atom. The van der Waals surface area contributed by atoms with E-state index in [1.807, 2.05) is 13.0 Å². The molecule has 3 nitrogen and oxygen atoms in total. The monoisotopic (exact) mass is 262 g/mol. The molecule has 3 N–H and O–H groups in total. The molecule has 0 aliphatic carbocycles. The molecular formula is C16H22O3. The van der Waals surface area contributed by atoms with Crippen LogP contribution in [-0.2, 0) is 6.42 Å². The summed E-state index contributed by atoms with van der Waals surface area (Å²) < 4.78 is 0. The van der Waals surface area contributed by atoms with Crippen LogP contribution in [0.4, 0.5) is 0 Å². The normalized spacial score (nSPS) is 11.4. The topological polar surface area (TPSA) is 60.7 Å². The van der Waals surface area contributed by atoms with Crippen LogP contribution in [0.5, 0.6) is 17.2 Å². The zero-order valence-electron chi connectivity index (χ0n) is 11.8. The van der Waals surface area contributed by atoms with Gasteiger partial charge in [-0.25, -0.2) is 0 Å². The van der Waals surface area contributed by atoms with Crippen LogP contribution in [0.1, 0.15) is 39.2 Å². The fourth-order valence-electron chi connectivity index (χ4n) is 1.80. The van der Waals surface area contributed by atoms with E-state index in [2.05, 4.69) is 19.9 Å². The third kappa shape index (κ3) is 5.08. The molecule has 0 saturated heterocycles. The summed E-state index contributed by atoms with van der Waals surface area (Å²) in [5, 5.41) is 28.6. The van der Waals surface area contributed by atoms with Crippen molar-refractivity contribution >= 4 is 0 Å². The second kappa shape index (κ2) is 6.88. The first-order valence-corrected chi connectivity index (χ1v) is 6.43. The zero-order valence-corrected chi connectivity index (χ0v) is 11.8. The first-order valence-electron chi connectivity index (χ1n) is 6.43. The van der Waals surface area contributed by atoms with Crippen LogP contribution in [0.25, 0.3) is 0 Å². The molecule has 0 aliphatic rings. The predicted molar refractivity (Wildman–Crippen MR) is 77.6 cm³/mol. The summed E-state index contributed by atoms with van der Waals surface area (Å²) in [4.78, 5) is 0. The maximum atomic E-state index is 9.68. The van der Waals surface area contributed by atoms with Crippen molar-refractivity contribution in [2.45, 2.75) is 40.0 Å². The molecular weight excluding hydrogens is 240 g/mol. The molecule has 0 aliphatic heterocycles. The van der Waals surface area contributed by atoms with Gasteiger partial charge in [0.25, 0.3) is 0 Å². The Bertz CT molecular complexity index is 472. The van der Waals surface area contributed by atoms with E-state index in [0.717, 1.165) is 12.8 Å². The summed E-state index contributed by atoms with van der Waals surface area (Å²) in [7, 11) is 0. The van der Waals surface area contributed by atoms with E-state index >= 15 is 0 Å². The number of hydrogen-bond acceptors (Lipinski definition) is 3. The van der Waals surface area contributed by atoms with Crippen molar-refractivity contribution in [1.82, 2.24) is 0 Å². The smallest absolute Gasteiger partial charge is 0.126 e. The van der Waals surface area contributed by atoms with Crippen molar-refractivity contribution in [3.63, 3.8) is 0 Å². The van der Waals surface area contributed by atoms with Crippen molar-refractivity contribution in [3.05, 3.63) is 41.0 Å². The standard InChI is InChI=1S/C16H22O3/c1-11(2)5-4-6-12(3)7-8-14-15(18)9-13(17)10-16(14)19/h5,7,9-10,17-19H,4,6,8H2,1-3H3/b12-7+. The highest BCUT2D eigenvalue weighted by Gasteiger charge is 2.08. The van der Waals surface area contributed by atoms with Crippen molar-refractivity contribution in [2.24, 2.45) is 0 Å². The van der Waals surface area contributed by atoms with Crippen LogP contribution < -0.4 is 0 Å². The SMILES string of the molecule is CC(C)=CCC/C(C)=C/Cc1c(O)cc(O)cc1O. The second-order valence-corrected chi connectivity index (χ2v) is 5.04. The highest BCUT2D eigenvalue weighted by Crippen LogP contribution is 2.32. The minimum absolute atomic E-state index is 0.0779. The van der Waals surface area contributed by atoms with Crippen LogP contribution >= 0.6 is 0 Å². The Balaban J connectivity index is 2.68. The average Bonchev–Trinajstić information content (AvgIpc) is 2.26. The number of hydrogen-bond donors (Lipinski definition) is 3. The van der Waals surface area contributed by atoms with Gasteiger partial charge in [0, 0.05) is 17.7 Å². The molecule has 1 aromatic rings. The Morgan fingerprint density at radius 2 is 1.58 bits per heavy atom. The third-order valence-corrected chi connectivity index (χ3v) is 2.93. The Hall–Kier alpha value is -1.90. The fraction of sp³-hybridized carbons (Fsp3) is 0.375. The first-order chi connectivity index (χ1) is 8.90. The van der Waals surface area contributed by atoms with Gasteiger partial charge in [0.15, 0.2) is 0 Å². The quantitative estimate of drug-likeness (QED) is 0.702. The molecule has 1 rings (SSSR count). The molecule has 0 amide bonds. The van der Waals surface area contributed by atoms with E-state index in [-0.39, 0.29) is 17.2 Å². The van der Waals surface area contributed by atoms with Crippen molar-refractivity contribution in [2.75, 3.05) is 0 Å². The number of rotatable bonds is 5. The summed E-state index contributed by atoms with van der Waals surface area (Å²) in [6.07, 6.45) is 6.60.